The largest absolute Gasteiger partial charge is 0.313 e. The van der Waals surface area contributed by atoms with Crippen LogP contribution in [-0.4, -0.2) is 37.3 Å². The lowest BCUT2D eigenvalue weighted by atomic mass is 10.1. The molecule has 0 amide bonds. The maximum atomic E-state index is 13.2. The first-order valence-electron chi connectivity index (χ1n) is 7.85. The molecule has 24 heavy (non-hydrogen) atoms. The van der Waals surface area contributed by atoms with Gasteiger partial charge in [-0.25, -0.2) is 8.42 Å². The van der Waals surface area contributed by atoms with Crippen LogP contribution < -0.4 is 5.32 Å². The smallest absolute Gasteiger partial charge is 0.243 e. The monoisotopic (exact) mass is 367 g/mol. The van der Waals surface area contributed by atoms with Gasteiger partial charge < -0.3 is 5.32 Å². The van der Waals surface area contributed by atoms with E-state index in [0.717, 1.165) is 11.1 Å². The van der Waals surface area contributed by atoms with Crippen LogP contribution in [0.3, 0.4) is 0 Å². The number of pyridine rings is 1. The summed E-state index contributed by atoms with van der Waals surface area (Å²) in [7, 11) is -3.54. The second-order valence-corrected chi connectivity index (χ2v) is 7.44. The number of rotatable bonds is 4. The van der Waals surface area contributed by atoms with Crippen molar-refractivity contribution >= 4 is 22.4 Å². The number of nitrogens with one attached hydrogen (secondary N) is 1. The third-order valence-electron chi connectivity index (χ3n) is 4.20. The molecule has 1 aliphatic heterocycles. The highest BCUT2D eigenvalue weighted by atomic mass is 35.5. The molecule has 0 saturated carbocycles. The molecule has 2 aromatic rings. The third-order valence-corrected chi connectivity index (χ3v) is 6.21. The Morgan fingerprint density at radius 2 is 2.04 bits per heavy atom. The van der Waals surface area contributed by atoms with E-state index < -0.39 is 10.0 Å². The van der Waals surface area contributed by atoms with Crippen LogP contribution in [0.25, 0.3) is 0 Å². The number of sulfonamides is 1. The fraction of sp³-hybridized carbons (Fsp3) is 0.353. The molecule has 1 N–H and O–H groups in total. The summed E-state index contributed by atoms with van der Waals surface area (Å²) in [6, 6.07) is 10.8. The van der Waals surface area contributed by atoms with Gasteiger partial charge >= 0.3 is 0 Å². The Balaban J connectivity index is 0.00000208. The van der Waals surface area contributed by atoms with E-state index in [1.54, 1.807) is 28.8 Å². The number of piperazine rings is 1. The number of aromatic nitrogens is 1. The Morgan fingerprint density at radius 1 is 1.25 bits per heavy atom. The number of halogens is 1. The Labute approximate surface area is 149 Å². The lowest BCUT2D eigenvalue weighted by molar-refractivity contribution is 0.271. The summed E-state index contributed by atoms with van der Waals surface area (Å²) in [4.78, 5) is 4.55. The van der Waals surface area contributed by atoms with Crippen LogP contribution in [0.2, 0.25) is 0 Å². The van der Waals surface area contributed by atoms with Crippen LogP contribution in [0.4, 0.5) is 0 Å². The Bertz CT molecular complexity index is 768. The standard InChI is InChI=1S/C17H21N3O2S.ClH/c1-2-14-6-3-4-8-17(14)23(21,22)20-11-10-19-13-16(20)15-7-5-9-18-12-15;/h3-9,12,16,19H,2,10-11,13H2,1H3;1H. The van der Waals surface area contributed by atoms with Gasteiger partial charge in [0, 0.05) is 32.0 Å². The van der Waals surface area contributed by atoms with Crippen LogP contribution in [0.15, 0.2) is 53.7 Å². The highest BCUT2D eigenvalue weighted by Gasteiger charge is 2.35. The summed E-state index contributed by atoms with van der Waals surface area (Å²) in [5.74, 6) is 0. The van der Waals surface area contributed by atoms with E-state index in [2.05, 4.69) is 10.3 Å². The van der Waals surface area contributed by atoms with Crippen molar-refractivity contribution in [2.24, 2.45) is 0 Å². The van der Waals surface area contributed by atoms with Crippen molar-refractivity contribution in [1.82, 2.24) is 14.6 Å². The number of benzene rings is 1. The molecule has 3 rings (SSSR count). The first kappa shape index (κ1) is 18.9. The van der Waals surface area contributed by atoms with Crippen LogP contribution in [0, 0.1) is 0 Å². The summed E-state index contributed by atoms with van der Waals surface area (Å²) in [5.41, 5.74) is 1.77. The molecule has 2 heterocycles. The minimum absolute atomic E-state index is 0. The molecular weight excluding hydrogens is 346 g/mol. The Kier molecular flexibility index (Phi) is 6.34. The fourth-order valence-corrected chi connectivity index (χ4v) is 4.91. The molecule has 130 valence electrons. The van der Waals surface area contributed by atoms with Crippen LogP contribution in [-0.2, 0) is 16.4 Å². The highest BCUT2D eigenvalue weighted by molar-refractivity contribution is 7.89. The maximum absolute atomic E-state index is 13.2. The van der Waals surface area contributed by atoms with Gasteiger partial charge in [-0.3, -0.25) is 4.98 Å². The van der Waals surface area contributed by atoms with E-state index in [1.165, 1.54) is 0 Å². The SMILES string of the molecule is CCc1ccccc1S(=O)(=O)N1CCNCC1c1cccnc1.Cl. The van der Waals surface area contributed by atoms with Gasteiger partial charge in [0.1, 0.15) is 0 Å². The lowest BCUT2D eigenvalue weighted by Gasteiger charge is -2.35. The molecule has 5 nitrogen and oxygen atoms in total. The molecule has 1 aromatic carbocycles. The molecule has 0 radical (unpaired) electrons. The van der Waals surface area contributed by atoms with Gasteiger partial charge in [-0.2, -0.15) is 4.31 Å². The van der Waals surface area contributed by atoms with Crippen LogP contribution in [0.5, 0.6) is 0 Å². The highest BCUT2D eigenvalue weighted by Crippen LogP contribution is 2.30. The molecule has 0 bridgehead atoms. The van der Waals surface area contributed by atoms with Gasteiger partial charge in [0.15, 0.2) is 0 Å². The van der Waals surface area contributed by atoms with Gasteiger partial charge in [-0.15, -0.1) is 12.4 Å². The molecule has 1 saturated heterocycles. The first-order valence-corrected chi connectivity index (χ1v) is 9.29. The maximum Gasteiger partial charge on any atom is 0.243 e. The van der Waals surface area contributed by atoms with Gasteiger partial charge in [0.2, 0.25) is 10.0 Å². The minimum atomic E-state index is -3.54. The fourth-order valence-electron chi connectivity index (χ4n) is 3.00. The van der Waals surface area contributed by atoms with E-state index >= 15 is 0 Å². The summed E-state index contributed by atoms with van der Waals surface area (Å²) < 4.78 is 28.1. The van der Waals surface area contributed by atoms with Gasteiger partial charge in [0.05, 0.1) is 10.9 Å². The molecule has 0 aliphatic carbocycles. The second kappa shape index (κ2) is 8.07. The van der Waals surface area contributed by atoms with Crippen molar-refractivity contribution in [2.45, 2.75) is 24.3 Å². The number of hydrogen-bond acceptors (Lipinski definition) is 4. The van der Waals surface area contributed by atoms with Gasteiger partial charge in [-0.1, -0.05) is 31.2 Å². The molecule has 1 aromatic heterocycles. The van der Waals surface area contributed by atoms with E-state index in [1.807, 2.05) is 31.2 Å². The average Bonchev–Trinajstić information content (AvgIpc) is 2.62. The predicted molar refractivity (Wildman–Crippen MR) is 96.8 cm³/mol. The minimum Gasteiger partial charge on any atom is -0.313 e. The van der Waals surface area contributed by atoms with Gasteiger partial charge in [-0.05, 0) is 29.7 Å². The zero-order chi connectivity index (χ0) is 16.3. The van der Waals surface area contributed by atoms with E-state index in [0.29, 0.717) is 31.0 Å². The predicted octanol–water partition coefficient (Wildman–Crippen LogP) is 2.40. The van der Waals surface area contributed by atoms with Crippen molar-refractivity contribution in [3.05, 3.63) is 59.9 Å². The molecule has 1 unspecified atom stereocenters. The number of aryl methyl sites for hydroxylation is 1. The third kappa shape index (κ3) is 3.62. The molecule has 7 heteroatoms. The van der Waals surface area contributed by atoms with Crippen molar-refractivity contribution in [3.63, 3.8) is 0 Å². The molecule has 1 aliphatic rings. The molecule has 0 spiro atoms. The van der Waals surface area contributed by atoms with Crippen LogP contribution in [0.1, 0.15) is 24.1 Å². The van der Waals surface area contributed by atoms with Crippen molar-refractivity contribution in [3.8, 4) is 0 Å². The van der Waals surface area contributed by atoms with Crippen molar-refractivity contribution in [1.29, 1.82) is 0 Å². The Morgan fingerprint density at radius 3 is 2.75 bits per heavy atom. The van der Waals surface area contributed by atoms with E-state index in [4.69, 9.17) is 0 Å². The summed E-state index contributed by atoms with van der Waals surface area (Å²) in [6.45, 7) is 3.69. The zero-order valence-electron chi connectivity index (χ0n) is 13.6. The molecular formula is C17H22ClN3O2S. The topological polar surface area (TPSA) is 62.3 Å². The quantitative estimate of drug-likeness (QED) is 0.901. The summed E-state index contributed by atoms with van der Waals surface area (Å²) in [5, 5.41) is 3.28. The molecule has 1 atom stereocenters. The normalized spacial score (nSPS) is 18.8. The zero-order valence-corrected chi connectivity index (χ0v) is 15.2. The van der Waals surface area contributed by atoms with Crippen molar-refractivity contribution in [2.75, 3.05) is 19.6 Å². The van der Waals surface area contributed by atoms with Gasteiger partial charge in [0.25, 0.3) is 0 Å². The number of nitrogens with zero attached hydrogens (tertiary/aromatic N) is 2. The summed E-state index contributed by atoms with van der Waals surface area (Å²) >= 11 is 0. The van der Waals surface area contributed by atoms with Crippen molar-refractivity contribution < 1.29 is 8.42 Å². The first-order chi connectivity index (χ1) is 11.1. The second-order valence-electron chi connectivity index (χ2n) is 5.58. The van der Waals surface area contributed by atoms with Crippen LogP contribution >= 0.6 is 12.4 Å². The van der Waals surface area contributed by atoms with E-state index in [9.17, 15) is 8.42 Å². The lowest BCUT2D eigenvalue weighted by Crippen LogP contribution is -2.48. The van der Waals surface area contributed by atoms with E-state index in [-0.39, 0.29) is 18.4 Å². The average molecular weight is 368 g/mol. The number of hydrogen-bond donors (Lipinski definition) is 1. The molecule has 1 fully saturated rings. The summed E-state index contributed by atoms with van der Waals surface area (Å²) in [6.07, 6.45) is 4.13. The Hall–Kier alpha value is -1.47.